The van der Waals surface area contributed by atoms with Crippen molar-refractivity contribution in [3.63, 3.8) is 0 Å². The van der Waals surface area contributed by atoms with Gasteiger partial charge in [-0.15, -0.1) is 0 Å². The number of carbonyl (C=O) groups excluding carboxylic acids is 2. The molecule has 0 bridgehead atoms. The van der Waals surface area contributed by atoms with E-state index in [1.165, 1.54) is 0 Å². The summed E-state index contributed by atoms with van der Waals surface area (Å²) in [6, 6.07) is 19.6. The minimum absolute atomic E-state index is 0.128. The number of benzene rings is 2. The van der Waals surface area contributed by atoms with E-state index in [0.717, 1.165) is 10.0 Å². The molecule has 1 aliphatic rings. The molecule has 1 saturated heterocycles. The number of cyclic esters (lactones) is 2. The zero-order chi connectivity index (χ0) is 19.1. The third-order valence-corrected chi connectivity index (χ3v) is 6.76. The molecule has 2 aromatic carbocycles. The molecule has 1 aliphatic heterocycles. The molecule has 0 radical (unpaired) electrons. The topological polar surface area (TPSA) is 65.1 Å². The molecule has 0 aromatic heterocycles. The monoisotopic (exact) mass is 435 g/mol. The van der Waals surface area contributed by atoms with Gasteiger partial charge in [-0.1, -0.05) is 0 Å². The number of ether oxygens (including phenoxy) is 3. The van der Waals surface area contributed by atoms with Gasteiger partial charge < -0.3 is 0 Å². The fraction of sp³-hybridized carbons (Fsp3) is 0.300. The molecule has 1 heterocycles. The van der Waals surface area contributed by atoms with E-state index in [1.807, 2.05) is 60.7 Å². The van der Waals surface area contributed by atoms with Crippen molar-refractivity contribution in [1.82, 2.24) is 4.90 Å². The third kappa shape index (κ3) is 5.25. The van der Waals surface area contributed by atoms with Crippen LogP contribution in [0.1, 0.15) is 12.5 Å². The summed E-state index contributed by atoms with van der Waals surface area (Å²) in [6.07, 6.45) is -1.64. The fourth-order valence-corrected chi connectivity index (χ4v) is 5.15. The molecule has 1 fully saturated rings. The summed E-state index contributed by atoms with van der Waals surface area (Å²) < 4.78 is 16.7. The summed E-state index contributed by atoms with van der Waals surface area (Å²) in [6.45, 7) is 2.54. The average molecular weight is 434 g/mol. The Balaban J connectivity index is 1.89. The first kappa shape index (κ1) is 19.3. The van der Waals surface area contributed by atoms with Gasteiger partial charge in [0.25, 0.3) is 0 Å². The molecule has 2 aromatic rings. The minimum atomic E-state index is -0.697. The molecule has 1 amide bonds. The van der Waals surface area contributed by atoms with Crippen LogP contribution >= 0.6 is 0 Å². The number of carbonyl (C=O) groups is 2. The van der Waals surface area contributed by atoms with Crippen molar-refractivity contribution in [2.45, 2.75) is 24.5 Å². The van der Waals surface area contributed by atoms with E-state index < -0.39 is 18.4 Å². The molecule has 0 N–H and O–H groups in total. The van der Waals surface area contributed by atoms with Crippen molar-refractivity contribution < 1.29 is 23.8 Å². The second-order valence-electron chi connectivity index (χ2n) is 5.85. The van der Waals surface area contributed by atoms with Gasteiger partial charge in [0.05, 0.1) is 0 Å². The van der Waals surface area contributed by atoms with E-state index in [4.69, 9.17) is 14.2 Å². The van der Waals surface area contributed by atoms with Gasteiger partial charge in [0.1, 0.15) is 0 Å². The Labute approximate surface area is 164 Å². The number of rotatable bonds is 7. The van der Waals surface area contributed by atoms with Crippen LogP contribution in [0.3, 0.4) is 0 Å². The first-order chi connectivity index (χ1) is 13.2. The van der Waals surface area contributed by atoms with Crippen molar-refractivity contribution in [3.05, 3.63) is 66.2 Å². The number of hydrogen-bond acceptors (Lipinski definition) is 5. The van der Waals surface area contributed by atoms with Crippen LogP contribution in [-0.4, -0.2) is 56.4 Å². The molecule has 0 saturated carbocycles. The van der Waals surface area contributed by atoms with Gasteiger partial charge in [-0.25, -0.2) is 0 Å². The maximum atomic E-state index is 12.7. The molecule has 27 heavy (non-hydrogen) atoms. The third-order valence-electron chi connectivity index (χ3n) is 3.94. The predicted molar refractivity (Wildman–Crippen MR) is 101 cm³/mol. The van der Waals surface area contributed by atoms with Crippen LogP contribution in [0.5, 0.6) is 0 Å². The zero-order valence-corrected chi connectivity index (χ0v) is 16.7. The summed E-state index contributed by atoms with van der Waals surface area (Å²) in [4.78, 5) is 25.6. The van der Waals surface area contributed by atoms with Gasteiger partial charge >= 0.3 is 164 Å². The number of amides is 1. The quantitative estimate of drug-likeness (QED) is 0.495. The summed E-state index contributed by atoms with van der Waals surface area (Å²) in [7, 11) is 0. The Morgan fingerprint density at radius 2 is 1.85 bits per heavy atom. The van der Waals surface area contributed by atoms with Crippen LogP contribution in [0.25, 0.3) is 0 Å². The molecular weight excluding hydrogens is 413 g/mol. The van der Waals surface area contributed by atoms with Crippen LogP contribution in [0.15, 0.2) is 60.7 Å². The van der Waals surface area contributed by atoms with E-state index in [9.17, 15) is 9.59 Å². The van der Waals surface area contributed by atoms with Gasteiger partial charge in [-0.3, -0.25) is 0 Å². The van der Waals surface area contributed by atoms with Gasteiger partial charge in [0, 0.05) is 0 Å². The first-order valence-electron chi connectivity index (χ1n) is 8.70. The summed E-state index contributed by atoms with van der Waals surface area (Å²) in [5.74, 6) is 0. The Hall–Kier alpha value is -2.50. The fourth-order valence-electron chi connectivity index (χ4n) is 2.71. The van der Waals surface area contributed by atoms with Gasteiger partial charge in [0.2, 0.25) is 0 Å². The molecule has 0 unspecified atom stereocenters. The second-order valence-corrected chi connectivity index (χ2v) is 8.35. The van der Waals surface area contributed by atoms with Crippen LogP contribution in [0.2, 0.25) is 0 Å². The zero-order valence-electron chi connectivity index (χ0n) is 14.9. The van der Waals surface area contributed by atoms with Gasteiger partial charge in [0.15, 0.2) is 0 Å². The second kappa shape index (κ2) is 9.44. The molecule has 142 valence electrons. The maximum absolute atomic E-state index is 12.7. The van der Waals surface area contributed by atoms with Crippen molar-refractivity contribution in [2.75, 3.05) is 13.2 Å². The van der Waals surface area contributed by atoms with E-state index in [0.29, 0.717) is 6.54 Å². The van der Waals surface area contributed by atoms with Crippen molar-refractivity contribution in [3.8, 4) is 0 Å². The Morgan fingerprint density at radius 3 is 2.44 bits per heavy atom. The van der Waals surface area contributed by atoms with Crippen LogP contribution in [0.4, 0.5) is 9.59 Å². The van der Waals surface area contributed by atoms with E-state index >= 15 is 0 Å². The average Bonchev–Trinajstić information content (AvgIpc) is 3.12. The summed E-state index contributed by atoms with van der Waals surface area (Å²) >= 11 is -0.165. The van der Waals surface area contributed by atoms with Crippen LogP contribution in [-0.2, 0) is 20.8 Å². The molecule has 0 spiro atoms. The van der Waals surface area contributed by atoms with E-state index in [1.54, 1.807) is 11.8 Å². The van der Waals surface area contributed by atoms with Crippen molar-refractivity contribution in [2.24, 2.45) is 0 Å². The standard InChI is InChI=1S/C20H21NO5Se/c1-2-24-19(22)21(13-15-9-5-3-6-10-15)18(17-14-25-20(23)26-17)27-16-11-7-4-8-12-16/h3-12,17-18H,2,13-14H2,1H3/t17-,18-/m1/s1. The van der Waals surface area contributed by atoms with Crippen molar-refractivity contribution >= 4 is 31.7 Å². The number of nitrogens with zero attached hydrogens (tertiary/aromatic N) is 1. The number of hydrogen-bond donors (Lipinski definition) is 0. The van der Waals surface area contributed by atoms with Crippen LogP contribution < -0.4 is 4.46 Å². The van der Waals surface area contributed by atoms with Gasteiger partial charge in [-0.05, 0) is 0 Å². The molecule has 6 nitrogen and oxygen atoms in total. The van der Waals surface area contributed by atoms with E-state index in [2.05, 4.69) is 0 Å². The summed E-state index contributed by atoms with van der Waals surface area (Å²) in [5, 5.41) is 0. The van der Waals surface area contributed by atoms with Crippen molar-refractivity contribution in [1.29, 1.82) is 0 Å². The normalized spacial score (nSPS) is 16.9. The predicted octanol–water partition coefficient (Wildman–Crippen LogP) is 2.54. The van der Waals surface area contributed by atoms with E-state index in [-0.39, 0.29) is 33.1 Å². The Morgan fingerprint density at radius 1 is 1.19 bits per heavy atom. The Kier molecular flexibility index (Phi) is 6.74. The van der Waals surface area contributed by atoms with Gasteiger partial charge in [-0.2, -0.15) is 0 Å². The molecule has 7 heteroatoms. The molecule has 0 aliphatic carbocycles. The molecule has 2 atom stereocenters. The molecule has 3 rings (SSSR count). The summed E-state index contributed by atoms with van der Waals surface area (Å²) in [5.41, 5.74) is 0.977. The Bertz CT molecular complexity index is 755. The van der Waals surface area contributed by atoms with Crippen LogP contribution in [0, 0.1) is 0 Å². The first-order valence-corrected chi connectivity index (χ1v) is 10.5. The SMILES string of the molecule is CCOC(=O)N(Cc1ccccc1)[C@H]([Se]c1ccccc1)[C@H]1COC(=O)O1. The molecular formula is C20H21NO5Se.